The van der Waals surface area contributed by atoms with Crippen LogP contribution >= 0.6 is 0 Å². The predicted molar refractivity (Wildman–Crippen MR) is 76.9 cm³/mol. The van der Waals surface area contributed by atoms with Crippen LogP contribution in [0.1, 0.15) is 26.2 Å². The average Bonchev–Trinajstić information content (AvgIpc) is 2.37. The third-order valence-corrected chi connectivity index (χ3v) is 3.68. The van der Waals surface area contributed by atoms with Crippen molar-refractivity contribution in [3.05, 3.63) is 0 Å². The first kappa shape index (κ1) is 16.4. The van der Waals surface area contributed by atoms with Gasteiger partial charge in [-0.05, 0) is 59.3 Å². The molecule has 1 rings (SSSR count). The normalized spacial score (nSPS) is 19.6. The van der Waals surface area contributed by atoms with Crippen LogP contribution in [0.2, 0.25) is 0 Å². The van der Waals surface area contributed by atoms with Gasteiger partial charge in [0.05, 0.1) is 6.61 Å². The number of nitrogens with zero attached hydrogens (tertiary/aromatic N) is 2. The van der Waals surface area contributed by atoms with E-state index in [4.69, 9.17) is 10.5 Å². The molecule has 5 nitrogen and oxygen atoms in total. The third kappa shape index (κ3) is 6.36. The Bertz CT molecular complexity index is 263. The van der Waals surface area contributed by atoms with Gasteiger partial charge in [-0.15, -0.1) is 0 Å². The number of likely N-dealkylation sites (tertiary alicyclic amines) is 1. The zero-order valence-electron chi connectivity index (χ0n) is 12.6. The molecule has 0 radical (unpaired) electrons. The van der Waals surface area contributed by atoms with E-state index >= 15 is 0 Å². The average molecular weight is 271 g/mol. The van der Waals surface area contributed by atoms with Crippen LogP contribution in [0.3, 0.4) is 0 Å². The fraction of sp³-hybridized carbons (Fsp3) is 0.929. The molecule has 1 saturated heterocycles. The van der Waals surface area contributed by atoms with Crippen LogP contribution in [-0.2, 0) is 9.53 Å². The third-order valence-electron chi connectivity index (χ3n) is 3.68. The second-order valence-electron chi connectivity index (χ2n) is 5.69. The van der Waals surface area contributed by atoms with Crippen LogP contribution in [-0.4, -0.2) is 68.7 Å². The molecule has 0 spiro atoms. The molecule has 0 aliphatic carbocycles. The summed E-state index contributed by atoms with van der Waals surface area (Å²) in [6.45, 7) is 6.52. The molecule has 19 heavy (non-hydrogen) atoms. The molecule has 0 aromatic heterocycles. The molecule has 1 atom stereocenters. The summed E-state index contributed by atoms with van der Waals surface area (Å²) < 4.78 is 4.92. The van der Waals surface area contributed by atoms with Gasteiger partial charge in [-0.1, -0.05) is 0 Å². The second-order valence-corrected chi connectivity index (χ2v) is 5.69. The van der Waals surface area contributed by atoms with Crippen molar-refractivity contribution >= 4 is 5.97 Å². The number of hydrogen-bond acceptors (Lipinski definition) is 5. The van der Waals surface area contributed by atoms with Gasteiger partial charge in [-0.25, -0.2) is 0 Å². The summed E-state index contributed by atoms with van der Waals surface area (Å²) in [6, 6.07) is -0.473. The van der Waals surface area contributed by atoms with Gasteiger partial charge in [0.15, 0.2) is 0 Å². The summed E-state index contributed by atoms with van der Waals surface area (Å²) in [7, 11) is 4.26. The van der Waals surface area contributed by atoms with Gasteiger partial charge in [0.2, 0.25) is 0 Å². The van der Waals surface area contributed by atoms with Crippen molar-refractivity contribution in [2.45, 2.75) is 32.2 Å². The van der Waals surface area contributed by atoms with Gasteiger partial charge in [0, 0.05) is 13.1 Å². The Hall–Kier alpha value is -0.650. The van der Waals surface area contributed by atoms with Gasteiger partial charge in [0.1, 0.15) is 6.04 Å². The SMILES string of the molecule is CCOC(=O)C(N)CCN1CCC(CN(C)C)CC1. The number of nitrogens with two attached hydrogens (primary N) is 1. The Morgan fingerprint density at radius 2 is 2.05 bits per heavy atom. The molecule has 0 aromatic rings. The maximum atomic E-state index is 11.4. The quantitative estimate of drug-likeness (QED) is 0.685. The molecule has 0 amide bonds. The summed E-state index contributed by atoms with van der Waals surface area (Å²) in [5.41, 5.74) is 5.81. The number of carbonyl (C=O) groups excluding carboxylic acids is 1. The van der Waals surface area contributed by atoms with Crippen molar-refractivity contribution in [2.24, 2.45) is 11.7 Å². The Morgan fingerprint density at radius 1 is 1.42 bits per heavy atom. The molecular formula is C14H29N3O2. The zero-order valence-corrected chi connectivity index (χ0v) is 12.6. The lowest BCUT2D eigenvalue weighted by atomic mass is 9.96. The monoisotopic (exact) mass is 271 g/mol. The van der Waals surface area contributed by atoms with Crippen LogP contribution in [0.5, 0.6) is 0 Å². The summed E-state index contributed by atoms with van der Waals surface area (Å²) in [4.78, 5) is 16.1. The highest BCUT2D eigenvalue weighted by atomic mass is 16.5. The first-order valence-electron chi connectivity index (χ1n) is 7.32. The Labute approximate surface area is 117 Å². The van der Waals surface area contributed by atoms with Crippen molar-refractivity contribution in [2.75, 3.05) is 46.9 Å². The van der Waals surface area contributed by atoms with E-state index in [1.165, 1.54) is 19.4 Å². The molecule has 0 bridgehead atoms. The summed E-state index contributed by atoms with van der Waals surface area (Å²) in [5.74, 6) is 0.537. The number of ether oxygens (including phenoxy) is 1. The topological polar surface area (TPSA) is 58.8 Å². The Kier molecular flexibility index (Phi) is 7.34. The predicted octanol–water partition coefficient (Wildman–Crippen LogP) is 0.541. The Balaban J connectivity index is 2.17. The first-order chi connectivity index (χ1) is 9.02. The molecule has 112 valence electrons. The molecule has 5 heteroatoms. The van der Waals surface area contributed by atoms with Gasteiger partial charge in [0.25, 0.3) is 0 Å². The van der Waals surface area contributed by atoms with Gasteiger partial charge >= 0.3 is 5.97 Å². The van der Waals surface area contributed by atoms with E-state index < -0.39 is 6.04 Å². The molecule has 1 unspecified atom stereocenters. The van der Waals surface area contributed by atoms with Gasteiger partial charge in [-0.2, -0.15) is 0 Å². The van der Waals surface area contributed by atoms with Crippen molar-refractivity contribution in [3.8, 4) is 0 Å². The molecule has 0 aromatic carbocycles. The van der Waals surface area contributed by atoms with E-state index in [1.54, 1.807) is 6.92 Å². The van der Waals surface area contributed by atoms with E-state index in [2.05, 4.69) is 23.9 Å². The maximum Gasteiger partial charge on any atom is 0.322 e. The molecule has 2 N–H and O–H groups in total. The number of esters is 1. The highest BCUT2D eigenvalue weighted by Gasteiger charge is 2.21. The number of hydrogen-bond donors (Lipinski definition) is 1. The Morgan fingerprint density at radius 3 is 2.58 bits per heavy atom. The van der Waals surface area contributed by atoms with Crippen molar-refractivity contribution < 1.29 is 9.53 Å². The summed E-state index contributed by atoms with van der Waals surface area (Å²) in [6.07, 6.45) is 3.18. The van der Waals surface area contributed by atoms with E-state index in [1.807, 2.05) is 0 Å². The van der Waals surface area contributed by atoms with Crippen LogP contribution < -0.4 is 5.73 Å². The molecule has 1 fully saturated rings. The van der Waals surface area contributed by atoms with Crippen molar-refractivity contribution in [1.29, 1.82) is 0 Å². The molecule has 0 saturated carbocycles. The second kappa shape index (κ2) is 8.51. The maximum absolute atomic E-state index is 11.4. The fourth-order valence-electron chi connectivity index (χ4n) is 2.60. The van der Waals surface area contributed by atoms with Crippen LogP contribution in [0.15, 0.2) is 0 Å². The van der Waals surface area contributed by atoms with Gasteiger partial charge < -0.3 is 20.3 Å². The van der Waals surface area contributed by atoms with E-state index in [-0.39, 0.29) is 5.97 Å². The van der Waals surface area contributed by atoms with E-state index in [0.29, 0.717) is 13.0 Å². The van der Waals surface area contributed by atoms with Gasteiger partial charge in [-0.3, -0.25) is 4.79 Å². The van der Waals surface area contributed by atoms with Crippen molar-refractivity contribution in [3.63, 3.8) is 0 Å². The minimum Gasteiger partial charge on any atom is -0.465 e. The smallest absolute Gasteiger partial charge is 0.322 e. The summed E-state index contributed by atoms with van der Waals surface area (Å²) in [5, 5.41) is 0. The van der Waals surface area contributed by atoms with Crippen molar-refractivity contribution in [1.82, 2.24) is 9.80 Å². The van der Waals surface area contributed by atoms with Crippen LogP contribution in [0, 0.1) is 5.92 Å². The summed E-state index contributed by atoms with van der Waals surface area (Å²) >= 11 is 0. The molecule has 1 aliphatic heterocycles. The van der Waals surface area contributed by atoms with Crippen LogP contribution in [0.25, 0.3) is 0 Å². The largest absolute Gasteiger partial charge is 0.465 e. The van der Waals surface area contributed by atoms with E-state index in [0.717, 1.165) is 25.6 Å². The molecule has 1 heterocycles. The van der Waals surface area contributed by atoms with Crippen LogP contribution in [0.4, 0.5) is 0 Å². The standard InChI is InChI=1S/C14H29N3O2/c1-4-19-14(18)13(15)7-10-17-8-5-12(6-9-17)11-16(2)3/h12-13H,4-11,15H2,1-3H3. The number of rotatable bonds is 7. The number of piperidine rings is 1. The molecular weight excluding hydrogens is 242 g/mol. The number of carbonyl (C=O) groups is 1. The lowest BCUT2D eigenvalue weighted by molar-refractivity contribution is -0.144. The lowest BCUT2D eigenvalue weighted by Crippen LogP contribution is -2.41. The first-order valence-corrected chi connectivity index (χ1v) is 7.32. The fourth-order valence-corrected chi connectivity index (χ4v) is 2.60. The van der Waals surface area contributed by atoms with E-state index in [9.17, 15) is 4.79 Å². The highest BCUT2D eigenvalue weighted by Crippen LogP contribution is 2.17. The minimum absolute atomic E-state index is 0.273. The lowest BCUT2D eigenvalue weighted by Gasteiger charge is -2.33. The molecule has 1 aliphatic rings. The highest BCUT2D eigenvalue weighted by molar-refractivity contribution is 5.75. The minimum atomic E-state index is -0.473. The zero-order chi connectivity index (χ0) is 14.3.